The molecule has 8 aliphatic rings. The number of hydrogen-bond acceptors (Lipinski definition) is 19. The second-order valence-corrected chi connectivity index (χ2v) is 17.2. The summed E-state index contributed by atoms with van der Waals surface area (Å²) in [4.78, 5) is 30.9. The molecule has 0 aromatic heterocycles. The fourth-order valence-corrected chi connectivity index (χ4v) is 10.3. The van der Waals surface area contributed by atoms with Gasteiger partial charge in [0.2, 0.25) is 12.0 Å². The molecule has 1 saturated heterocycles. The molecule has 8 aliphatic heterocycles. The lowest BCUT2D eigenvalue weighted by atomic mass is 9.67. The Morgan fingerprint density at radius 2 is 1.87 bits per heavy atom. The third kappa shape index (κ3) is 7.39. The van der Waals surface area contributed by atoms with Crippen molar-refractivity contribution in [3.05, 3.63) is 112 Å². The van der Waals surface area contributed by atoms with E-state index in [2.05, 4.69) is 22.2 Å². The summed E-state index contributed by atoms with van der Waals surface area (Å²) < 4.78 is 44.4. The number of nitrogens with one attached hydrogen (secondary N) is 1. The van der Waals surface area contributed by atoms with Crippen LogP contribution in [0.3, 0.4) is 0 Å². The second-order valence-electron chi connectivity index (χ2n) is 17.2. The quantitative estimate of drug-likeness (QED) is 0.0476. The first-order valence-electron chi connectivity index (χ1n) is 22.0. The van der Waals surface area contributed by atoms with Gasteiger partial charge in [0.1, 0.15) is 60.7 Å². The van der Waals surface area contributed by atoms with Gasteiger partial charge in [-0.05, 0) is 30.0 Å². The first kappa shape index (κ1) is 45.1. The van der Waals surface area contributed by atoms with Crippen molar-refractivity contribution in [2.24, 2.45) is 10.7 Å². The molecule has 20 nitrogen and oxygen atoms in total. The van der Waals surface area contributed by atoms with Gasteiger partial charge in [-0.25, -0.2) is 0 Å². The van der Waals surface area contributed by atoms with E-state index in [1.54, 1.807) is 18.3 Å². The Balaban J connectivity index is 1.16. The zero-order valence-corrected chi connectivity index (χ0v) is 36.2. The predicted molar refractivity (Wildman–Crippen MR) is 234 cm³/mol. The normalized spacial score (nSPS) is 30.0. The van der Waals surface area contributed by atoms with Crippen molar-refractivity contribution >= 4 is 18.2 Å². The number of benzene rings is 3. The summed E-state index contributed by atoms with van der Waals surface area (Å²) in [5.74, 6) is 3.89. The molecule has 0 amide bonds. The van der Waals surface area contributed by atoms with Gasteiger partial charge in [0, 0.05) is 60.5 Å². The summed E-state index contributed by atoms with van der Waals surface area (Å²) >= 11 is 0. The first-order valence-corrected chi connectivity index (χ1v) is 22.0. The summed E-state index contributed by atoms with van der Waals surface area (Å²) in [5.41, 5.74) is 6.53. The van der Waals surface area contributed by atoms with E-state index in [-0.39, 0.29) is 54.9 Å². The number of carbonyl (C=O) groups excluding carboxylic acids is 1. The van der Waals surface area contributed by atoms with E-state index < -0.39 is 91.7 Å². The fraction of sp³-hybridized carbons (Fsp3) is 0.396. The lowest BCUT2D eigenvalue weighted by molar-refractivity contribution is -0.355. The van der Waals surface area contributed by atoms with E-state index in [0.717, 1.165) is 11.1 Å². The third-order valence-corrected chi connectivity index (χ3v) is 13.4. The van der Waals surface area contributed by atoms with Crippen LogP contribution in [-0.4, -0.2) is 140 Å². The molecule has 10 atom stereocenters. The highest BCUT2D eigenvalue weighted by atomic mass is 16.7. The number of aliphatic imine (C=N–C) groups is 1. The molecule has 0 saturated carbocycles. The molecule has 68 heavy (non-hydrogen) atoms. The van der Waals surface area contributed by atoms with Gasteiger partial charge in [0.05, 0.1) is 36.1 Å². The fourth-order valence-electron chi connectivity index (χ4n) is 10.3. The monoisotopic (exact) mass is 936 g/mol. The summed E-state index contributed by atoms with van der Waals surface area (Å²) in [7, 11) is 0. The molecule has 3 aromatic rings. The summed E-state index contributed by atoms with van der Waals surface area (Å²) in [5, 5.41) is 78.8. The van der Waals surface area contributed by atoms with Crippen LogP contribution < -0.4 is 34.7 Å². The van der Waals surface area contributed by atoms with Gasteiger partial charge < -0.3 is 84.9 Å². The molecule has 8 heterocycles. The minimum Gasteiger partial charge on any atom is -0.489 e. The van der Waals surface area contributed by atoms with Gasteiger partial charge in [0.25, 0.3) is 0 Å². The van der Waals surface area contributed by atoms with Crippen molar-refractivity contribution in [1.82, 2.24) is 10.2 Å². The Kier molecular flexibility index (Phi) is 11.8. The van der Waals surface area contributed by atoms with Crippen molar-refractivity contribution < 1.29 is 78.5 Å². The van der Waals surface area contributed by atoms with Crippen LogP contribution >= 0.6 is 0 Å². The number of carbonyl (C=O) groups is 2. The molecular weight excluding hydrogens is 889 g/mol. The Morgan fingerprint density at radius 1 is 1.04 bits per heavy atom. The van der Waals surface area contributed by atoms with Crippen molar-refractivity contribution in [2.45, 2.75) is 85.9 Å². The number of ether oxygens (including phenoxy) is 7. The average Bonchev–Trinajstić information content (AvgIpc) is 4.03. The van der Waals surface area contributed by atoms with Gasteiger partial charge in [-0.2, -0.15) is 0 Å². The SMILES string of the molecule is NC1NC=CC2(OC3Oc4cc5c(c(CN6CC7=CC=NC7=C6CO)c4C#CCC2(O)C(O)C3O)C2Oc3c(ccc(OCO)c3OCCO)C2C(Cc2ccccc2)O5)C1OC(=O)CC(=O)O. The molecule has 0 radical (unpaired) electrons. The van der Waals surface area contributed by atoms with Crippen LogP contribution in [0.1, 0.15) is 52.7 Å². The van der Waals surface area contributed by atoms with E-state index in [4.69, 9.17) is 38.9 Å². The molecule has 10 N–H and O–H groups in total. The van der Waals surface area contributed by atoms with Gasteiger partial charge in [-0.15, -0.1) is 0 Å². The van der Waals surface area contributed by atoms with E-state index in [9.17, 15) is 45.3 Å². The molecule has 1 fully saturated rings. The highest BCUT2D eigenvalue weighted by Gasteiger charge is 2.69. The van der Waals surface area contributed by atoms with E-state index >= 15 is 0 Å². The summed E-state index contributed by atoms with van der Waals surface area (Å²) in [6.07, 6.45) is -5.50. The average molecular weight is 937 g/mol. The Bertz CT molecular complexity index is 2720. The number of aliphatic hydroxyl groups excluding tert-OH is 5. The number of aliphatic hydroxyl groups is 6. The zero-order chi connectivity index (χ0) is 47.5. The summed E-state index contributed by atoms with van der Waals surface area (Å²) in [6.45, 7) is -1.04. The van der Waals surface area contributed by atoms with Crippen LogP contribution in [0.5, 0.6) is 28.7 Å². The summed E-state index contributed by atoms with van der Waals surface area (Å²) in [6, 6.07) is 14.7. The number of aliphatic carboxylic acids is 1. The molecule has 20 heteroatoms. The van der Waals surface area contributed by atoms with E-state index in [1.807, 2.05) is 47.4 Å². The highest BCUT2D eigenvalue weighted by Crippen LogP contribution is 2.60. The number of carboxylic acids is 1. The van der Waals surface area contributed by atoms with E-state index in [1.165, 1.54) is 12.3 Å². The third-order valence-electron chi connectivity index (χ3n) is 13.4. The highest BCUT2D eigenvalue weighted by molar-refractivity contribution is 5.90. The van der Waals surface area contributed by atoms with Gasteiger partial charge in [-0.1, -0.05) is 48.2 Å². The molecular formula is C48H48N4O16. The number of hydrogen-bond donors (Lipinski definition) is 9. The minimum atomic E-state index is -2.57. The lowest BCUT2D eigenvalue weighted by Crippen LogP contribution is -2.80. The van der Waals surface area contributed by atoms with Crippen LogP contribution in [0.15, 0.2) is 88.8 Å². The first-order chi connectivity index (χ1) is 32.9. The van der Waals surface area contributed by atoms with Gasteiger partial charge in [-0.3, -0.25) is 14.6 Å². The van der Waals surface area contributed by atoms with Crippen molar-refractivity contribution in [2.75, 3.05) is 33.2 Å². The number of allylic oxidation sites excluding steroid dienone is 1. The number of rotatable bonds is 13. The maximum absolute atomic E-state index is 12.9. The largest absolute Gasteiger partial charge is 0.489 e. The van der Waals surface area contributed by atoms with Gasteiger partial charge >= 0.3 is 11.9 Å². The number of carboxylic acid groups (broad SMARTS) is 1. The van der Waals surface area contributed by atoms with Crippen molar-refractivity contribution in [3.63, 3.8) is 0 Å². The second kappa shape index (κ2) is 17.8. The molecule has 3 aromatic carbocycles. The standard InChI is InChI=1S/C48H48N4O16/c49-45-44(66-35(58)19-34(56)57)48(12-14-51-45)47(61)11-4-7-26-28(21-52-20-25-10-13-50-38(25)29(52)22-54)37-33(18-31(26)65-46(68-48)39(59)43(47)60)64-32(17-24-5-2-1-3-6-24)36-27-8-9-30(63-23-55)41(62-16-15-53)40(27)67-42(36)37/h1-3,5-6,8-10,12-14,18,32,36,39,42-46,51,53-55,59-61H,11,15-17,19-23,49H2,(H,56,57). The van der Waals surface area contributed by atoms with E-state index in [0.29, 0.717) is 46.8 Å². The molecule has 10 unspecified atom stereocenters. The maximum atomic E-state index is 12.9. The Labute approximate surface area is 388 Å². The number of fused-ring (bicyclic) bond motifs is 8. The topological polar surface area (TPSA) is 294 Å². The Morgan fingerprint density at radius 3 is 2.63 bits per heavy atom. The smallest absolute Gasteiger partial charge is 0.317 e. The maximum Gasteiger partial charge on any atom is 0.317 e. The number of esters is 1. The number of nitrogens with two attached hydrogens (primary N) is 1. The predicted octanol–water partition coefficient (Wildman–Crippen LogP) is 0.108. The molecule has 0 aliphatic carbocycles. The molecule has 1 spiro atoms. The van der Waals surface area contributed by atoms with Crippen LogP contribution in [0.4, 0.5) is 0 Å². The van der Waals surface area contributed by atoms with Crippen LogP contribution in [0.2, 0.25) is 0 Å². The lowest BCUT2D eigenvalue weighted by Gasteiger charge is -2.57. The molecule has 11 rings (SSSR count). The number of nitrogens with zero attached hydrogens (tertiary/aromatic N) is 2. The molecule has 2 bridgehead atoms. The zero-order valence-electron chi connectivity index (χ0n) is 36.2. The van der Waals surface area contributed by atoms with Crippen LogP contribution in [0.25, 0.3) is 0 Å². The minimum absolute atomic E-state index is 0.0134. The van der Waals surface area contributed by atoms with Crippen LogP contribution in [-0.2, 0) is 32.0 Å². The Hall–Kier alpha value is -6.67. The van der Waals surface area contributed by atoms with Crippen molar-refractivity contribution in [3.8, 4) is 40.6 Å². The van der Waals surface area contributed by atoms with Crippen molar-refractivity contribution in [1.29, 1.82) is 0 Å². The van der Waals surface area contributed by atoms with Crippen LogP contribution in [0, 0.1) is 11.8 Å². The molecule has 356 valence electrons. The van der Waals surface area contributed by atoms with Gasteiger partial charge in [0.15, 0.2) is 30.0 Å².